The van der Waals surface area contributed by atoms with Crippen LogP contribution in [0.1, 0.15) is 46.8 Å². The first-order valence-electron chi connectivity index (χ1n) is 13.9. The lowest BCUT2D eigenvalue weighted by Crippen LogP contribution is -2.39. The molecule has 2 atom stereocenters. The predicted molar refractivity (Wildman–Crippen MR) is 158 cm³/mol. The van der Waals surface area contributed by atoms with Crippen LogP contribution in [0.4, 0.5) is 0 Å². The summed E-state index contributed by atoms with van der Waals surface area (Å²) >= 11 is 0. The van der Waals surface area contributed by atoms with Crippen molar-refractivity contribution in [2.24, 2.45) is 11.8 Å². The highest BCUT2D eigenvalue weighted by Gasteiger charge is 2.30. The van der Waals surface area contributed by atoms with Crippen LogP contribution in [0.2, 0.25) is 0 Å². The molecule has 0 saturated heterocycles. The van der Waals surface area contributed by atoms with Crippen molar-refractivity contribution in [2.45, 2.75) is 51.7 Å². The highest BCUT2D eigenvalue weighted by Crippen LogP contribution is 2.39. The van der Waals surface area contributed by atoms with Crippen LogP contribution in [0.3, 0.4) is 0 Å². The van der Waals surface area contributed by atoms with Crippen molar-refractivity contribution in [3.05, 3.63) is 82.7 Å². The normalized spacial score (nSPS) is 15.0. The summed E-state index contributed by atoms with van der Waals surface area (Å²) in [5.41, 5.74) is 5.30. The minimum absolute atomic E-state index is 0.0480. The van der Waals surface area contributed by atoms with Gasteiger partial charge in [0.15, 0.2) is 0 Å². The Balaban J connectivity index is 1.51. The third kappa shape index (κ3) is 7.49. The number of amides is 1. The molecule has 2 unspecified atom stereocenters. The van der Waals surface area contributed by atoms with Crippen LogP contribution in [0.25, 0.3) is 0 Å². The molecule has 4 rings (SSSR count). The molecular formula is C31H41N3O6S. The van der Waals surface area contributed by atoms with Crippen LogP contribution in [-0.2, 0) is 40.8 Å². The number of fused-ring (bicyclic) bond motifs is 1. The smallest absolute Gasteiger partial charge is 0.303 e. The number of hydrogen-bond acceptors (Lipinski definition) is 6. The Kier molecular flexibility index (Phi) is 9.78. The molecule has 2 N–H and O–H groups in total. The highest BCUT2D eigenvalue weighted by molar-refractivity contribution is 7.87. The number of methoxy groups -OCH3 is 2. The Morgan fingerprint density at radius 3 is 2.27 bits per heavy atom. The van der Waals surface area contributed by atoms with Crippen LogP contribution < -0.4 is 14.2 Å². The molecular weight excluding hydrogens is 542 g/mol. The largest absolute Gasteiger partial charge is 0.496 e. The van der Waals surface area contributed by atoms with Gasteiger partial charge in [-0.25, -0.2) is 4.72 Å². The number of rotatable bonds is 13. The maximum atomic E-state index is 12.2. The number of hydrogen-bond donors (Lipinski definition) is 2. The third-order valence-corrected chi connectivity index (χ3v) is 9.40. The van der Waals surface area contributed by atoms with Crippen molar-refractivity contribution in [3.63, 3.8) is 0 Å². The molecule has 0 spiro atoms. The van der Waals surface area contributed by atoms with Crippen LogP contribution >= 0.6 is 0 Å². The summed E-state index contributed by atoms with van der Waals surface area (Å²) in [6.07, 6.45) is 6.41. The fraction of sp³-hybridized carbons (Fsp3) is 0.452. The zero-order valence-corrected chi connectivity index (χ0v) is 25.3. The van der Waals surface area contributed by atoms with E-state index < -0.39 is 22.2 Å². The van der Waals surface area contributed by atoms with E-state index in [1.807, 2.05) is 42.1 Å². The Morgan fingerprint density at radius 1 is 1.10 bits per heavy atom. The van der Waals surface area contributed by atoms with Crippen molar-refractivity contribution in [1.82, 2.24) is 13.6 Å². The number of nitrogens with zero attached hydrogens (tertiary/aromatic N) is 2. The summed E-state index contributed by atoms with van der Waals surface area (Å²) in [4.78, 5) is 12.2. The average molecular weight is 584 g/mol. The zero-order valence-electron chi connectivity index (χ0n) is 24.5. The molecule has 0 fully saturated rings. The van der Waals surface area contributed by atoms with Gasteiger partial charge in [0.05, 0.1) is 20.3 Å². The zero-order chi connectivity index (χ0) is 29.7. The Hall–Kier alpha value is -3.34. The minimum Gasteiger partial charge on any atom is -0.496 e. The Labute approximate surface area is 243 Å². The number of nitrogens with one attached hydrogen (secondary N) is 1. The standard InChI is InChI=1S/C31H41N3O6S/c1-21-28(39-4)17-26(18-29(21)40-5)31(36)27(16-23-14-24-8-6-7-9-25(24)15-23)20-34-13-12-22(19-34)10-11-30(35)32-41(37,38)33(2)3/h6-9,12-13,17-19,23,27,31,36H,10-11,14-16,20H2,1-5H3,(H,32,35). The number of carbonyl (C=O) groups is 1. The van der Waals surface area contributed by atoms with Gasteiger partial charge in [0.25, 0.3) is 0 Å². The summed E-state index contributed by atoms with van der Waals surface area (Å²) in [6, 6.07) is 14.2. The molecule has 1 amide bonds. The lowest BCUT2D eigenvalue weighted by molar-refractivity contribution is -0.119. The molecule has 9 nitrogen and oxygen atoms in total. The minimum atomic E-state index is -3.81. The van der Waals surface area contributed by atoms with E-state index >= 15 is 0 Å². The molecule has 0 bridgehead atoms. The van der Waals surface area contributed by atoms with Gasteiger partial charge in [-0.15, -0.1) is 0 Å². The second-order valence-electron chi connectivity index (χ2n) is 11.1. The monoisotopic (exact) mass is 583 g/mol. The fourth-order valence-electron chi connectivity index (χ4n) is 5.66. The molecule has 3 aromatic rings. The molecule has 0 saturated carbocycles. The molecule has 1 aliphatic carbocycles. The van der Waals surface area contributed by atoms with E-state index in [2.05, 4.69) is 29.0 Å². The van der Waals surface area contributed by atoms with Crippen molar-refractivity contribution < 1.29 is 27.8 Å². The molecule has 0 aliphatic heterocycles. The van der Waals surface area contributed by atoms with Gasteiger partial charge in [0.2, 0.25) is 5.91 Å². The molecule has 1 aromatic heterocycles. The number of aliphatic hydroxyl groups excluding tert-OH is 1. The quantitative estimate of drug-likeness (QED) is 0.317. The second kappa shape index (κ2) is 13.1. The Morgan fingerprint density at radius 2 is 1.71 bits per heavy atom. The summed E-state index contributed by atoms with van der Waals surface area (Å²) in [5.74, 6) is 1.10. The van der Waals surface area contributed by atoms with Crippen LogP contribution in [0.5, 0.6) is 11.5 Å². The Bertz CT molecular complexity index is 1420. The maximum absolute atomic E-state index is 12.2. The van der Waals surface area contributed by atoms with E-state index in [1.54, 1.807) is 14.2 Å². The predicted octanol–water partition coefficient (Wildman–Crippen LogP) is 3.82. The maximum Gasteiger partial charge on any atom is 0.303 e. The summed E-state index contributed by atoms with van der Waals surface area (Å²) in [6.45, 7) is 2.51. The first-order chi connectivity index (χ1) is 19.5. The number of aliphatic hydroxyl groups is 1. The van der Waals surface area contributed by atoms with E-state index in [0.717, 1.165) is 40.3 Å². The molecule has 41 heavy (non-hydrogen) atoms. The van der Waals surface area contributed by atoms with Crippen LogP contribution in [-0.4, -0.2) is 56.6 Å². The van der Waals surface area contributed by atoms with Crippen LogP contribution in [0, 0.1) is 18.8 Å². The van der Waals surface area contributed by atoms with E-state index in [-0.39, 0.29) is 12.3 Å². The molecule has 2 aromatic carbocycles. The number of aromatic nitrogens is 1. The summed E-state index contributed by atoms with van der Waals surface area (Å²) < 4.78 is 40.1. The average Bonchev–Trinajstić information content (AvgIpc) is 3.57. The summed E-state index contributed by atoms with van der Waals surface area (Å²) in [5, 5.41) is 11.7. The molecule has 1 heterocycles. The number of aryl methyl sites for hydroxylation is 1. The van der Waals surface area contributed by atoms with E-state index in [9.17, 15) is 18.3 Å². The summed E-state index contributed by atoms with van der Waals surface area (Å²) in [7, 11) is 2.16. The van der Waals surface area contributed by atoms with Gasteiger partial charge in [-0.3, -0.25) is 4.79 Å². The van der Waals surface area contributed by atoms with Crippen molar-refractivity contribution in [1.29, 1.82) is 0 Å². The van der Waals surface area contributed by atoms with Gasteiger partial charge >= 0.3 is 10.2 Å². The molecule has 222 valence electrons. The lowest BCUT2D eigenvalue weighted by Gasteiger charge is -2.27. The SMILES string of the molecule is COc1cc(C(O)C(CC2Cc3ccccc3C2)Cn2ccc(CCC(=O)NS(=O)(=O)N(C)C)c2)cc(OC)c1C. The van der Waals surface area contributed by atoms with E-state index in [0.29, 0.717) is 30.4 Å². The van der Waals surface area contributed by atoms with Gasteiger partial charge in [0, 0.05) is 50.9 Å². The first kappa shape index (κ1) is 30.6. The van der Waals surface area contributed by atoms with Crippen LogP contribution in [0.15, 0.2) is 54.9 Å². The van der Waals surface area contributed by atoms with Gasteiger partial charge in [-0.1, -0.05) is 24.3 Å². The number of benzene rings is 2. The van der Waals surface area contributed by atoms with E-state index in [4.69, 9.17) is 9.47 Å². The highest BCUT2D eigenvalue weighted by atomic mass is 32.2. The van der Waals surface area contributed by atoms with Crippen molar-refractivity contribution in [2.75, 3.05) is 28.3 Å². The third-order valence-electron chi connectivity index (χ3n) is 7.96. The molecule has 1 aliphatic rings. The molecule has 0 radical (unpaired) electrons. The second-order valence-corrected chi connectivity index (χ2v) is 12.9. The topological polar surface area (TPSA) is 110 Å². The lowest BCUT2D eigenvalue weighted by atomic mass is 9.85. The van der Waals surface area contributed by atoms with Crippen molar-refractivity contribution >= 4 is 16.1 Å². The number of carbonyl (C=O) groups excluding carboxylic acids is 1. The van der Waals surface area contributed by atoms with Gasteiger partial charge in [-0.2, -0.15) is 12.7 Å². The first-order valence-corrected chi connectivity index (χ1v) is 15.3. The number of ether oxygens (including phenoxy) is 2. The van der Waals surface area contributed by atoms with Gasteiger partial charge < -0.3 is 19.1 Å². The van der Waals surface area contributed by atoms with E-state index in [1.165, 1.54) is 25.2 Å². The van der Waals surface area contributed by atoms with Gasteiger partial charge in [0.1, 0.15) is 11.5 Å². The van der Waals surface area contributed by atoms with Crippen molar-refractivity contribution in [3.8, 4) is 11.5 Å². The van der Waals surface area contributed by atoms with Gasteiger partial charge in [-0.05, 0) is 79.0 Å². The fourth-order valence-corrected chi connectivity index (χ4v) is 6.24. The molecule has 10 heteroatoms.